The standard InChI is InChI=1S/C21H46O2Si/c1-5-8-11-14-17-20(22-4)21(23-24,18-15-12-9-6-2)19-16-13-10-7-3/h20H,5-19H2,1-4,24H3. The molecule has 0 aromatic heterocycles. The number of rotatable bonds is 18. The van der Waals surface area contributed by atoms with Crippen LogP contribution in [0.2, 0.25) is 0 Å². The first-order valence-electron chi connectivity index (χ1n) is 10.8. The molecule has 0 rings (SSSR count). The van der Waals surface area contributed by atoms with Gasteiger partial charge in [-0.15, -0.1) is 0 Å². The molecule has 0 radical (unpaired) electrons. The highest BCUT2D eigenvalue weighted by atomic mass is 28.2. The van der Waals surface area contributed by atoms with Crippen molar-refractivity contribution in [3.8, 4) is 0 Å². The lowest BCUT2D eigenvalue weighted by Crippen LogP contribution is -2.46. The predicted octanol–water partition coefficient (Wildman–Crippen LogP) is 5.95. The van der Waals surface area contributed by atoms with E-state index in [2.05, 4.69) is 20.8 Å². The van der Waals surface area contributed by atoms with E-state index in [1.54, 1.807) is 0 Å². The highest BCUT2D eigenvalue weighted by Crippen LogP contribution is 2.34. The molecular weight excluding hydrogens is 312 g/mol. The zero-order valence-electron chi connectivity index (χ0n) is 17.5. The summed E-state index contributed by atoms with van der Waals surface area (Å²) < 4.78 is 12.3. The summed E-state index contributed by atoms with van der Waals surface area (Å²) >= 11 is 0. The quantitative estimate of drug-likeness (QED) is 0.223. The number of unbranched alkanes of at least 4 members (excludes halogenated alkanes) is 9. The molecule has 2 nitrogen and oxygen atoms in total. The summed E-state index contributed by atoms with van der Waals surface area (Å²) in [6.45, 7) is 6.85. The second-order valence-electron chi connectivity index (χ2n) is 7.46. The van der Waals surface area contributed by atoms with Crippen molar-refractivity contribution < 1.29 is 9.16 Å². The fourth-order valence-electron chi connectivity index (χ4n) is 3.84. The van der Waals surface area contributed by atoms with Crippen molar-refractivity contribution in [2.45, 2.75) is 129 Å². The number of ether oxygens (including phenoxy) is 1. The molecule has 0 bridgehead atoms. The van der Waals surface area contributed by atoms with Gasteiger partial charge in [-0.1, -0.05) is 97.8 Å². The second-order valence-corrected chi connectivity index (χ2v) is 7.87. The maximum absolute atomic E-state index is 6.32. The summed E-state index contributed by atoms with van der Waals surface area (Å²) in [6, 6.07) is 0. The monoisotopic (exact) mass is 358 g/mol. The fourth-order valence-corrected chi connectivity index (χ4v) is 4.51. The Morgan fingerprint density at radius 3 is 1.54 bits per heavy atom. The van der Waals surface area contributed by atoms with Gasteiger partial charge in [0.2, 0.25) is 0 Å². The van der Waals surface area contributed by atoms with Crippen LogP contribution in [0.3, 0.4) is 0 Å². The van der Waals surface area contributed by atoms with E-state index >= 15 is 0 Å². The Bertz CT molecular complexity index is 246. The molecule has 1 atom stereocenters. The maximum atomic E-state index is 6.32. The minimum Gasteiger partial charge on any atom is -0.420 e. The van der Waals surface area contributed by atoms with Crippen LogP contribution in [0, 0.1) is 0 Å². The van der Waals surface area contributed by atoms with Crippen molar-refractivity contribution in [2.24, 2.45) is 0 Å². The third kappa shape index (κ3) is 10.2. The largest absolute Gasteiger partial charge is 0.420 e. The molecule has 0 aliphatic heterocycles. The van der Waals surface area contributed by atoms with Gasteiger partial charge < -0.3 is 9.16 Å². The molecule has 146 valence electrons. The van der Waals surface area contributed by atoms with E-state index in [1.807, 2.05) is 7.11 Å². The maximum Gasteiger partial charge on any atom is 0.146 e. The first-order valence-corrected chi connectivity index (χ1v) is 11.6. The summed E-state index contributed by atoms with van der Waals surface area (Å²) in [4.78, 5) is 0. The molecule has 0 saturated carbocycles. The lowest BCUT2D eigenvalue weighted by Gasteiger charge is -2.40. The summed E-state index contributed by atoms with van der Waals surface area (Å²) in [5.74, 6) is 0. The van der Waals surface area contributed by atoms with Gasteiger partial charge in [-0.05, 0) is 19.3 Å². The van der Waals surface area contributed by atoms with Crippen molar-refractivity contribution in [2.75, 3.05) is 7.11 Å². The van der Waals surface area contributed by atoms with Crippen LogP contribution in [-0.4, -0.2) is 29.3 Å². The smallest absolute Gasteiger partial charge is 0.146 e. The molecule has 0 aromatic rings. The molecule has 3 heteroatoms. The van der Waals surface area contributed by atoms with Crippen LogP contribution in [0.1, 0.15) is 117 Å². The third-order valence-electron chi connectivity index (χ3n) is 5.50. The van der Waals surface area contributed by atoms with Crippen LogP contribution in [0.15, 0.2) is 0 Å². The van der Waals surface area contributed by atoms with Gasteiger partial charge in [0, 0.05) is 7.11 Å². The van der Waals surface area contributed by atoms with E-state index in [0.717, 1.165) is 10.5 Å². The van der Waals surface area contributed by atoms with Gasteiger partial charge in [0.05, 0.1) is 11.7 Å². The zero-order chi connectivity index (χ0) is 18.1. The van der Waals surface area contributed by atoms with Crippen molar-refractivity contribution in [1.82, 2.24) is 0 Å². The number of methoxy groups -OCH3 is 1. The first kappa shape index (κ1) is 24.1. The van der Waals surface area contributed by atoms with Gasteiger partial charge in [-0.3, -0.25) is 0 Å². The lowest BCUT2D eigenvalue weighted by molar-refractivity contribution is -0.0886. The van der Waals surface area contributed by atoms with Crippen LogP contribution < -0.4 is 0 Å². The molecular formula is C21H46O2Si. The minimum atomic E-state index is -0.00529. The molecule has 0 aliphatic rings. The van der Waals surface area contributed by atoms with Gasteiger partial charge in [-0.2, -0.15) is 0 Å². The Balaban J connectivity index is 4.71. The van der Waals surface area contributed by atoms with Gasteiger partial charge in [0.25, 0.3) is 0 Å². The van der Waals surface area contributed by atoms with E-state index in [9.17, 15) is 0 Å². The van der Waals surface area contributed by atoms with Gasteiger partial charge in [0.15, 0.2) is 0 Å². The third-order valence-corrected chi connectivity index (χ3v) is 6.32. The predicted molar refractivity (Wildman–Crippen MR) is 111 cm³/mol. The molecule has 0 fully saturated rings. The molecule has 0 amide bonds. The fraction of sp³-hybridized carbons (Fsp3) is 1.00. The summed E-state index contributed by atoms with van der Waals surface area (Å²) in [5.41, 5.74) is -0.00529. The summed E-state index contributed by atoms with van der Waals surface area (Å²) in [6.07, 6.45) is 19.6. The van der Waals surface area contributed by atoms with Crippen LogP contribution in [0.25, 0.3) is 0 Å². The molecule has 0 N–H and O–H groups in total. The van der Waals surface area contributed by atoms with Gasteiger partial charge >= 0.3 is 0 Å². The first-order chi connectivity index (χ1) is 11.7. The average molecular weight is 359 g/mol. The van der Waals surface area contributed by atoms with Crippen LogP contribution in [0.4, 0.5) is 0 Å². The molecule has 0 aliphatic carbocycles. The molecule has 0 heterocycles. The van der Waals surface area contributed by atoms with Crippen LogP contribution >= 0.6 is 0 Å². The van der Waals surface area contributed by atoms with Crippen molar-refractivity contribution in [3.63, 3.8) is 0 Å². The molecule has 0 spiro atoms. The Morgan fingerprint density at radius 1 is 0.708 bits per heavy atom. The van der Waals surface area contributed by atoms with E-state index in [1.165, 1.54) is 96.3 Å². The molecule has 0 aromatic carbocycles. The molecule has 1 unspecified atom stereocenters. The number of hydrogen-bond acceptors (Lipinski definition) is 2. The van der Waals surface area contributed by atoms with Crippen molar-refractivity contribution in [1.29, 1.82) is 0 Å². The topological polar surface area (TPSA) is 18.5 Å². The summed E-state index contributed by atoms with van der Waals surface area (Å²) in [5, 5.41) is 0. The number of hydrogen-bond donors (Lipinski definition) is 0. The van der Waals surface area contributed by atoms with E-state index < -0.39 is 0 Å². The average Bonchev–Trinajstić information content (AvgIpc) is 2.61. The Hall–Kier alpha value is 0.137. The van der Waals surface area contributed by atoms with Crippen molar-refractivity contribution in [3.05, 3.63) is 0 Å². The zero-order valence-corrected chi connectivity index (χ0v) is 19.5. The molecule has 0 saturated heterocycles. The van der Waals surface area contributed by atoms with Crippen LogP contribution in [-0.2, 0) is 9.16 Å². The highest BCUT2D eigenvalue weighted by molar-refractivity contribution is 5.98. The second kappa shape index (κ2) is 16.6. The normalized spacial score (nSPS) is 13.5. The Labute approximate surface area is 156 Å². The van der Waals surface area contributed by atoms with E-state index in [0.29, 0.717) is 0 Å². The van der Waals surface area contributed by atoms with Crippen LogP contribution in [0.5, 0.6) is 0 Å². The Kier molecular flexibility index (Phi) is 16.7. The minimum absolute atomic E-state index is 0.00529. The highest BCUT2D eigenvalue weighted by Gasteiger charge is 2.37. The summed E-state index contributed by atoms with van der Waals surface area (Å²) in [7, 11) is 2.72. The van der Waals surface area contributed by atoms with Gasteiger partial charge in [0.1, 0.15) is 10.5 Å². The lowest BCUT2D eigenvalue weighted by atomic mass is 9.82. The SMILES string of the molecule is CCCCCCC(OC)C(CCCCCC)(CCCCCC)O[SiH3]. The van der Waals surface area contributed by atoms with Crippen molar-refractivity contribution >= 4 is 10.5 Å². The van der Waals surface area contributed by atoms with Gasteiger partial charge in [-0.25, -0.2) is 0 Å². The van der Waals surface area contributed by atoms with E-state index in [4.69, 9.17) is 9.16 Å². The van der Waals surface area contributed by atoms with E-state index in [-0.39, 0.29) is 11.7 Å². The Morgan fingerprint density at radius 2 is 1.17 bits per heavy atom. The molecule has 24 heavy (non-hydrogen) atoms.